The van der Waals surface area contributed by atoms with E-state index in [1.54, 1.807) is 42.5 Å². The molecule has 6 nitrogen and oxygen atoms in total. The van der Waals surface area contributed by atoms with Crippen molar-refractivity contribution in [2.45, 2.75) is 30.6 Å². The van der Waals surface area contributed by atoms with Crippen LogP contribution in [0.3, 0.4) is 0 Å². The molecule has 27 heavy (non-hydrogen) atoms. The predicted molar refractivity (Wildman–Crippen MR) is 99.6 cm³/mol. The van der Waals surface area contributed by atoms with Gasteiger partial charge in [-0.3, -0.25) is 9.36 Å². The van der Waals surface area contributed by atoms with E-state index in [-0.39, 0.29) is 23.5 Å². The summed E-state index contributed by atoms with van der Waals surface area (Å²) in [5.41, 5.74) is 0.435. The van der Waals surface area contributed by atoms with Crippen molar-refractivity contribution < 1.29 is 13.6 Å². The number of rotatable bonds is 7. The van der Waals surface area contributed by atoms with Gasteiger partial charge in [0.05, 0.1) is 24.1 Å². The number of hydrogen-bond donors (Lipinski definition) is 0. The Bertz CT molecular complexity index is 937. The Kier molecular flexibility index (Phi) is 4.98. The van der Waals surface area contributed by atoms with Gasteiger partial charge >= 0.3 is 0 Å². The molecular weight excluding hydrogens is 367 g/mol. The summed E-state index contributed by atoms with van der Waals surface area (Å²) in [5, 5.41) is 9.07. The van der Waals surface area contributed by atoms with E-state index in [9.17, 15) is 9.18 Å². The topological polar surface area (TPSA) is 64.2 Å². The Labute approximate surface area is 160 Å². The first-order chi connectivity index (χ1) is 13.1. The number of furan rings is 1. The Morgan fingerprint density at radius 3 is 2.81 bits per heavy atom. The Hall–Kier alpha value is -2.61. The fraction of sp³-hybridized carbons (Fsp3) is 0.316. The van der Waals surface area contributed by atoms with Crippen LogP contribution in [0.25, 0.3) is 11.4 Å². The van der Waals surface area contributed by atoms with Crippen LogP contribution in [0.2, 0.25) is 0 Å². The van der Waals surface area contributed by atoms with Crippen molar-refractivity contribution in [3.05, 3.63) is 54.2 Å². The van der Waals surface area contributed by atoms with Gasteiger partial charge in [0.25, 0.3) is 0 Å². The van der Waals surface area contributed by atoms with Gasteiger partial charge in [0, 0.05) is 13.1 Å². The monoisotopic (exact) mass is 386 g/mol. The minimum absolute atomic E-state index is 0.0332. The fourth-order valence-corrected chi connectivity index (χ4v) is 3.77. The third-order valence-electron chi connectivity index (χ3n) is 4.41. The molecule has 2 heterocycles. The highest BCUT2D eigenvalue weighted by molar-refractivity contribution is 7.99. The molecule has 0 radical (unpaired) electrons. The lowest BCUT2D eigenvalue weighted by Crippen LogP contribution is -2.27. The number of carbonyl (C=O) groups is 1. The molecule has 1 amide bonds. The maximum absolute atomic E-state index is 14.2. The number of amides is 1. The maximum Gasteiger partial charge on any atom is 0.233 e. The molecule has 0 N–H and O–H groups in total. The molecule has 0 spiro atoms. The zero-order chi connectivity index (χ0) is 18.8. The minimum Gasteiger partial charge on any atom is -0.467 e. The molecule has 4 rings (SSSR count). The van der Waals surface area contributed by atoms with Crippen LogP contribution >= 0.6 is 11.8 Å². The number of halogens is 1. The molecule has 1 saturated carbocycles. The molecule has 8 heteroatoms. The first kappa shape index (κ1) is 17.8. The van der Waals surface area contributed by atoms with Crippen molar-refractivity contribution in [2.75, 3.05) is 12.8 Å². The van der Waals surface area contributed by atoms with E-state index < -0.39 is 0 Å². The lowest BCUT2D eigenvalue weighted by atomic mass is 10.2. The number of carbonyl (C=O) groups excluding carboxylic acids is 1. The van der Waals surface area contributed by atoms with Crippen molar-refractivity contribution in [3.63, 3.8) is 0 Å². The highest BCUT2D eigenvalue weighted by Gasteiger charge is 2.31. The van der Waals surface area contributed by atoms with E-state index in [0.717, 1.165) is 18.6 Å². The minimum atomic E-state index is -0.322. The third kappa shape index (κ3) is 3.90. The fourth-order valence-electron chi connectivity index (χ4n) is 2.82. The lowest BCUT2D eigenvalue weighted by Gasteiger charge is -2.15. The number of hydrogen-bond acceptors (Lipinski definition) is 5. The highest BCUT2D eigenvalue weighted by atomic mass is 32.2. The molecule has 1 aliphatic rings. The molecular formula is C19H19FN4O2S. The zero-order valence-corrected chi connectivity index (χ0v) is 15.7. The zero-order valence-electron chi connectivity index (χ0n) is 14.8. The summed E-state index contributed by atoms with van der Waals surface area (Å²) in [6.07, 6.45) is 3.61. The van der Waals surface area contributed by atoms with E-state index in [0.29, 0.717) is 23.1 Å². The summed E-state index contributed by atoms with van der Waals surface area (Å²) in [7, 11) is 1.74. The van der Waals surface area contributed by atoms with E-state index >= 15 is 0 Å². The average molecular weight is 386 g/mol. The highest BCUT2D eigenvalue weighted by Crippen LogP contribution is 2.41. The molecule has 1 fully saturated rings. The van der Waals surface area contributed by atoms with Gasteiger partial charge < -0.3 is 9.32 Å². The van der Waals surface area contributed by atoms with Crippen molar-refractivity contribution >= 4 is 17.7 Å². The van der Waals surface area contributed by atoms with Crippen LogP contribution in [-0.2, 0) is 11.3 Å². The van der Waals surface area contributed by atoms with Crippen LogP contribution in [0.1, 0.15) is 24.6 Å². The summed E-state index contributed by atoms with van der Waals surface area (Å²) in [4.78, 5) is 14.0. The van der Waals surface area contributed by atoms with E-state index in [4.69, 9.17) is 4.42 Å². The normalized spacial score (nSPS) is 13.7. The van der Waals surface area contributed by atoms with Crippen molar-refractivity contribution in [3.8, 4) is 11.4 Å². The van der Waals surface area contributed by atoms with Gasteiger partial charge in [0.1, 0.15) is 11.6 Å². The average Bonchev–Trinajstić information content (AvgIpc) is 3.21. The van der Waals surface area contributed by atoms with Gasteiger partial charge in [0.15, 0.2) is 11.0 Å². The van der Waals surface area contributed by atoms with Gasteiger partial charge in [0.2, 0.25) is 5.91 Å². The van der Waals surface area contributed by atoms with Crippen LogP contribution in [0, 0.1) is 5.82 Å². The quantitative estimate of drug-likeness (QED) is 0.579. The molecule has 2 aromatic heterocycles. The molecule has 0 saturated heterocycles. The van der Waals surface area contributed by atoms with Crippen molar-refractivity contribution in [2.24, 2.45) is 0 Å². The molecule has 140 valence electrons. The first-order valence-corrected chi connectivity index (χ1v) is 9.71. The summed E-state index contributed by atoms with van der Waals surface area (Å²) in [5.74, 6) is 1.14. The Morgan fingerprint density at radius 2 is 2.11 bits per heavy atom. The van der Waals surface area contributed by atoms with Crippen molar-refractivity contribution in [1.29, 1.82) is 0 Å². The lowest BCUT2D eigenvalue weighted by molar-refractivity contribution is -0.127. The van der Waals surface area contributed by atoms with Gasteiger partial charge in [-0.2, -0.15) is 0 Å². The Morgan fingerprint density at radius 1 is 1.30 bits per heavy atom. The van der Waals surface area contributed by atoms with Crippen LogP contribution < -0.4 is 0 Å². The van der Waals surface area contributed by atoms with Gasteiger partial charge in [-0.25, -0.2) is 4.39 Å². The molecule has 0 atom stereocenters. The van der Waals surface area contributed by atoms with E-state index in [2.05, 4.69) is 10.2 Å². The van der Waals surface area contributed by atoms with Crippen molar-refractivity contribution in [1.82, 2.24) is 19.7 Å². The number of aromatic nitrogens is 3. The molecule has 0 unspecified atom stereocenters. The first-order valence-electron chi connectivity index (χ1n) is 8.72. The molecule has 3 aromatic rings. The number of benzene rings is 1. The predicted octanol–water partition coefficient (Wildman–Crippen LogP) is 3.76. The molecule has 1 aliphatic carbocycles. The molecule has 1 aromatic carbocycles. The standard InChI is InChI=1S/C19H19FN4O2S/c1-23(11-14-5-4-10-26-14)17(25)12-27-19-22-21-18(24(19)13-8-9-13)15-6-2-3-7-16(15)20/h2-7,10,13H,8-9,11-12H2,1H3. The van der Waals surface area contributed by atoms with Gasteiger partial charge in [-0.15, -0.1) is 10.2 Å². The van der Waals surface area contributed by atoms with E-state index in [1.165, 1.54) is 17.8 Å². The summed E-state index contributed by atoms with van der Waals surface area (Å²) < 4.78 is 21.4. The second-order valence-corrected chi connectivity index (χ2v) is 7.45. The third-order valence-corrected chi connectivity index (χ3v) is 5.34. The van der Waals surface area contributed by atoms with Crippen LogP contribution in [0.15, 0.2) is 52.2 Å². The van der Waals surface area contributed by atoms with Crippen LogP contribution in [0.4, 0.5) is 4.39 Å². The summed E-state index contributed by atoms with van der Waals surface area (Å²) >= 11 is 1.33. The summed E-state index contributed by atoms with van der Waals surface area (Å²) in [6.45, 7) is 0.419. The van der Waals surface area contributed by atoms with E-state index in [1.807, 2.05) is 10.6 Å². The SMILES string of the molecule is CN(Cc1ccco1)C(=O)CSc1nnc(-c2ccccc2F)n1C1CC1. The largest absolute Gasteiger partial charge is 0.467 e. The smallest absolute Gasteiger partial charge is 0.233 e. The second kappa shape index (κ2) is 7.56. The Balaban J connectivity index is 1.48. The second-order valence-electron chi connectivity index (χ2n) is 6.51. The number of thioether (sulfide) groups is 1. The van der Waals surface area contributed by atoms with Crippen LogP contribution in [0.5, 0.6) is 0 Å². The summed E-state index contributed by atoms with van der Waals surface area (Å²) in [6, 6.07) is 10.5. The van der Waals surface area contributed by atoms with Gasteiger partial charge in [-0.05, 0) is 37.1 Å². The van der Waals surface area contributed by atoms with Gasteiger partial charge in [-0.1, -0.05) is 23.9 Å². The maximum atomic E-state index is 14.2. The van der Waals surface area contributed by atoms with Crippen LogP contribution in [-0.4, -0.2) is 38.4 Å². The molecule has 0 aliphatic heterocycles. The molecule has 0 bridgehead atoms. The number of nitrogens with zero attached hydrogens (tertiary/aromatic N) is 4.